The molecular weight excluding hydrogens is 195 g/mol. The van der Waals surface area contributed by atoms with E-state index in [1.165, 1.54) is 24.9 Å². The topological polar surface area (TPSA) is 25.4 Å². The van der Waals surface area contributed by atoms with Crippen molar-refractivity contribution >= 4 is 0 Å². The monoisotopic (exact) mass is 210 g/mol. The van der Waals surface area contributed by atoms with Crippen LogP contribution in [0.5, 0.6) is 5.75 Å². The summed E-state index contributed by atoms with van der Waals surface area (Å²) in [5.41, 5.74) is 0. The molecule has 1 atom stereocenters. The number of hydrogen-bond donors (Lipinski definition) is 0. The lowest BCUT2D eigenvalue weighted by Gasteiger charge is -2.19. The van der Waals surface area contributed by atoms with E-state index in [2.05, 4.69) is 16.9 Å². The highest BCUT2D eigenvalue weighted by atomic mass is 19.1. The fourth-order valence-corrected chi connectivity index (χ4v) is 1.85. The van der Waals surface area contributed by atoms with Gasteiger partial charge in [-0.25, -0.2) is 4.39 Å². The van der Waals surface area contributed by atoms with Crippen molar-refractivity contribution in [3.63, 3.8) is 0 Å². The molecule has 3 nitrogen and oxygen atoms in total. The van der Waals surface area contributed by atoms with Crippen molar-refractivity contribution in [3.05, 3.63) is 24.3 Å². The third kappa shape index (κ3) is 2.65. The van der Waals surface area contributed by atoms with Gasteiger partial charge in [-0.15, -0.1) is 0 Å². The summed E-state index contributed by atoms with van der Waals surface area (Å²) in [6, 6.07) is 1.82. The largest absolute Gasteiger partial charge is 0.490 e. The van der Waals surface area contributed by atoms with Gasteiger partial charge in [-0.1, -0.05) is 0 Å². The second-order valence-electron chi connectivity index (χ2n) is 3.93. The van der Waals surface area contributed by atoms with Crippen LogP contribution in [-0.4, -0.2) is 36.1 Å². The average molecular weight is 210 g/mol. The van der Waals surface area contributed by atoms with Crippen LogP contribution in [0.1, 0.15) is 12.8 Å². The van der Waals surface area contributed by atoms with Crippen molar-refractivity contribution in [1.82, 2.24) is 9.88 Å². The number of aromatic nitrogens is 1. The van der Waals surface area contributed by atoms with Crippen LogP contribution in [0.2, 0.25) is 0 Å². The molecule has 1 saturated heterocycles. The smallest absolute Gasteiger partial charge is 0.145 e. The molecule has 2 rings (SSSR count). The molecule has 1 fully saturated rings. The summed E-state index contributed by atoms with van der Waals surface area (Å²) in [6.45, 7) is 1.73. The lowest BCUT2D eigenvalue weighted by molar-refractivity contribution is 0.197. The maximum atomic E-state index is 12.8. The zero-order valence-corrected chi connectivity index (χ0v) is 8.82. The lowest BCUT2D eigenvalue weighted by atomic mass is 10.2. The van der Waals surface area contributed by atoms with Crippen LogP contribution in [0.4, 0.5) is 4.39 Å². The second-order valence-corrected chi connectivity index (χ2v) is 3.93. The minimum absolute atomic E-state index is 0.354. The first-order valence-electron chi connectivity index (χ1n) is 5.19. The third-order valence-electron chi connectivity index (χ3n) is 2.79. The van der Waals surface area contributed by atoms with Gasteiger partial charge in [0.2, 0.25) is 0 Å². The molecule has 1 aromatic heterocycles. The van der Waals surface area contributed by atoms with Gasteiger partial charge in [0, 0.05) is 12.1 Å². The van der Waals surface area contributed by atoms with Crippen molar-refractivity contribution in [2.45, 2.75) is 18.9 Å². The van der Waals surface area contributed by atoms with Crippen molar-refractivity contribution in [1.29, 1.82) is 0 Å². The predicted molar refractivity (Wildman–Crippen MR) is 55.3 cm³/mol. The van der Waals surface area contributed by atoms with E-state index in [0.717, 1.165) is 13.0 Å². The van der Waals surface area contributed by atoms with E-state index in [1.54, 1.807) is 0 Å². The molecule has 15 heavy (non-hydrogen) atoms. The zero-order chi connectivity index (χ0) is 10.7. The van der Waals surface area contributed by atoms with Crippen LogP contribution in [0, 0.1) is 5.82 Å². The van der Waals surface area contributed by atoms with Gasteiger partial charge >= 0.3 is 0 Å². The summed E-state index contributed by atoms with van der Waals surface area (Å²) in [4.78, 5) is 6.01. The van der Waals surface area contributed by atoms with Crippen molar-refractivity contribution in [2.75, 3.05) is 20.2 Å². The highest BCUT2D eigenvalue weighted by Crippen LogP contribution is 2.17. The Balaban J connectivity index is 1.87. The summed E-state index contributed by atoms with van der Waals surface area (Å²) in [6.07, 6.45) is 5.08. The highest BCUT2D eigenvalue weighted by Gasteiger charge is 2.21. The summed E-state index contributed by atoms with van der Waals surface area (Å²) in [7, 11) is 2.09. The lowest BCUT2D eigenvalue weighted by Crippen LogP contribution is -2.30. The number of likely N-dealkylation sites (tertiary alicyclic amines) is 1. The molecule has 0 aromatic carbocycles. The minimum atomic E-state index is -0.354. The van der Waals surface area contributed by atoms with Crippen LogP contribution in [0.3, 0.4) is 0 Å². The van der Waals surface area contributed by atoms with Crippen LogP contribution < -0.4 is 4.74 Å². The number of rotatable bonds is 3. The van der Waals surface area contributed by atoms with Gasteiger partial charge in [0.1, 0.15) is 18.2 Å². The van der Waals surface area contributed by atoms with E-state index in [0.29, 0.717) is 18.4 Å². The quantitative estimate of drug-likeness (QED) is 0.759. The Hall–Kier alpha value is -1.16. The van der Waals surface area contributed by atoms with Crippen LogP contribution in [-0.2, 0) is 0 Å². The zero-order valence-electron chi connectivity index (χ0n) is 8.82. The van der Waals surface area contributed by atoms with Crippen LogP contribution >= 0.6 is 0 Å². The molecule has 0 N–H and O–H groups in total. The average Bonchev–Trinajstić information content (AvgIpc) is 2.61. The molecule has 1 aromatic rings. The standard InChI is InChI=1S/C11H15FN2O/c1-14-4-2-3-10(14)8-15-11-5-9(12)6-13-7-11/h5-7,10H,2-4,8H2,1H3/t10-/m0/s1. The summed E-state index contributed by atoms with van der Waals surface area (Å²) >= 11 is 0. The maximum Gasteiger partial charge on any atom is 0.145 e. The van der Waals surface area contributed by atoms with Crippen molar-refractivity contribution in [2.24, 2.45) is 0 Å². The summed E-state index contributed by atoms with van der Waals surface area (Å²) in [5, 5.41) is 0. The number of halogens is 1. The highest BCUT2D eigenvalue weighted by molar-refractivity contribution is 5.16. The Bertz CT molecular complexity index is 332. The molecular formula is C11H15FN2O. The van der Waals surface area contributed by atoms with Crippen LogP contribution in [0.25, 0.3) is 0 Å². The maximum absolute atomic E-state index is 12.8. The number of nitrogens with zero attached hydrogens (tertiary/aromatic N) is 2. The second kappa shape index (κ2) is 4.57. The molecule has 82 valence electrons. The number of hydrogen-bond acceptors (Lipinski definition) is 3. The normalized spacial score (nSPS) is 21.9. The SMILES string of the molecule is CN1CCC[C@H]1COc1cncc(F)c1. The van der Waals surface area contributed by atoms with E-state index >= 15 is 0 Å². The molecule has 2 heterocycles. The van der Waals surface area contributed by atoms with Gasteiger partial charge in [0.25, 0.3) is 0 Å². The number of pyridine rings is 1. The molecule has 0 amide bonds. The Morgan fingerprint density at radius 1 is 1.60 bits per heavy atom. The molecule has 1 aliphatic heterocycles. The van der Waals surface area contributed by atoms with Gasteiger partial charge in [-0.05, 0) is 26.4 Å². The van der Waals surface area contributed by atoms with Gasteiger partial charge in [0.05, 0.1) is 12.4 Å². The first-order chi connectivity index (χ1) is 7.25. The molecule has 0 spiro atoms. The summed E-state index contributed by atoms with van der Waals surface area (Å²) < 4.78 is 18.3. The minimum Gasteiger partial charge on any atom is -0.490 e. The predicted octanol–water partition coefficient (Wildman–Crippen LogP) is 1.69. The van der Waals surface area contributed by atoms with Gasteiger partial charge in [-0.3, -0.25) is 4.98 Å². The fourth-order valence-electron chi connectivity index (χ4n) is 1.85. The molecule has 1 aliphatic rings. The van der Waals surface area contributed by atoms with E-state index < -0.39 is 0 Å². The van der Waals surface area contributed by atoms with E-state index in [-0.39, 0.29) is 5.82 Å². The first kappa shape index (κ1) is 10.4. The molecule has 0 unspecified atom stereocenters. The Kier molecular flexibility index (Phi) is 3.16. The van der Waals surface area contributed by atoms with E-state index in [9.17, 15) is 4.39 Å². The molecule has 0 saturated carbocycles. The van der Waals surface area contributed by atoms with Crippen LogP contribution in [0.15, 0.2) is 18.5 Å². The van der Waals surface area contributed by atoms with E-state index in [4.69, 9.17) is 4.74 Å². The Morgan fingerprint density at radius 3 is 3.13 bits per heavy atom. The fraction of sp³-hybridized carbons (Fsp3) is 0.545. The number of likely N-dealkylation sites (N-methyl/N-ethyl adjacent to an activating group) is 1. The molecule has 0 radical (unpaired) electrons. The third-order valence-corrected chi connectivity index (χ3v) is 2.79. The van der Waals surface area contributed by atoms with E-state index in [1.807, 2.05) is 0 Å². The van der Waals surface area contributed by atoms with Gasteiger partial charge in [-0.2, -0.15) is 0 Å². The number of ether oxygens (including phenoxy) is 1. The van der Waals surface area contributed by atoms with Gasteiger partial charge < -0.3 is 9.64 Å². The molecule has 0 bridgehead atoms. The van der Waals surface area contributed by atoms with Crippen molar-refractivity contribution < 1.29 is 9.13 Å². The Morgan fingerprint density at radius 2 is 2.47 bits per heavy atom. The molecule has 4 heteroatoms. The van der Waals surface area contributed by atoms with Gasteiger partial charge in [0.15, 0.2) is 0 Å². The first-order valence-corrected chi connectivity index (χ1v) is 5.19. The van der Waals surface area contributed by atoms with Crippen molar-refractivity contribution in [3.8, 4) is 5.75 Å². The Labute approximate surface area is 88.9 Å². The summed E-state index contributed by atoms with van der Waals surface area (Å²) in [5.74, 6) is 0.155. The molecule has 0 aliphatic carbocycles.